The van der Waals surface area contributed by atoms with Crippen molar-refractivity contribution in [3.8, 4) is 0 Å². The molecule has 0 N–H and O–H groups in total. The van der Waals surface area contributed by atoms with Crippen LogP contribution in [0.25, 0.3) is 0 Å². The minimum absolute atomic E-state index is 0.0645. The Labute approximate surface area is 108 Å². The summed E-state index contributed by atoms with van der Waals surface area (Å²) >= 11 is 0. The number of hydrogen-bond acceptors (Lipinski definition) is 4. The molecule has 1 unspecified atom stereocenters. The highest BCUT2D eigenvalue weighted by Gasteiger charge is 2.20. The second-order valence-electron chi connectivity index (χ2n) is 4.23. The zero-order valence-electron chi connectivity index (χ0n) is 11.3. The van der Waals surface area contributed by atoms with Crippen molar-refractivity contribution in [3.05, 3.63) is 12.2 Å². The zero-order chi connectivity index (χ0) is 14.1. The van der Waals surface area contributed by atoms with Crippen molar-refractivity contribution in [1.82, 2.24) is 4.90 Å². The Bertz CT molecular complexity index is 325. The Morgan fingerprint density at radius 1 is 1.44 bits per heavy atom. The van der Waals surface area contributed by atoms with Crippen LogP contribution in [0.1, 0.15) is 33.6 Å². The van der Waals surface area contributed by atoms with Gasteiger partial charge in [-0.2, -0.15) is 0 Å². The van der Waals surface area contributed by atoms with Crippen LogP contribution in [0.15, 0.2) is 12.2 Å². The van der Waals surface area contributed by atoms with Gasteiger partial charge in [0.2, 0.25) is 6.29 Å². The minimum atomic E-state index is -0.581. The van der Waals surface area contributed by atoms with Gasteiger partial charge in [-0.05, 0) is 20.3 Å². The maximum Gasteiger partial charge on any atom is 0.333 e. The minimum Gasteiger partial charge on any atom is -0.460 e. The van der Waals surface area contributed by atoms with Crippen molar-refractivity contribution >= 4 is 18.2 Å². The number of carbonyl (C=O) groups is 3. The molecule has 0 aliphatic heterocycles. The first kappa shape index (κ1) is 16.4. The van der Waals surface area contributed by atoms with Gasteiger partial charge in [-0.15, -0.1) is 0 Å². The van der Waals surface area contributed by atoms with E-state index in [0.717, 1.165) is 12.8 Å². The van der Waals surface area contributed by atoms with E-state index >= 15 is 0 Å². The number of rotatable bonds is 8. The molecule has 18 heavy (non-hydrogen) atoms. The van der Waals surface area contributed by atoms with Gasteiger partial charge in [0.1, 0.15) is 6.61 Å². The van der Waals surface area contributed by atoms with Gasteiger partial charge >= 0.3 is 5.97 Å². The quantitative estimate of drug-likeness (QED) is 0.284. The van der Waals surface area contributed by atoms with E-state index in [-0.39, 0.29) is 18.9 Å². The summed E-state index contributed by atoms with van der Waals surface area (Å²) in [6.07, 6.45) is 2.01. The predicted molar refractivity (Wildman–Crippen MR) is 67.9 cm³/mol. The highest BCUT2D eigenvalue weighted by Crippen LogP contribution is 2.04. The summed E-state index contributed by atoms with van der Waals surface area (Å²) in [6, 6.07) is -0.322. The molecule has 0 aromatic rings. The van der Waals surface area contributed by atoms with Gasteiger partial charge < -0.3 is 9.64 Å². The monoisotopic (exact) mass is 255 g/mol. The van der Waals surface area contributed by atoms with Gasteiger partial charge in [0, 0.05) is 12.1 Å². The summed E-state index contributed by atoms with van der Waals surface area (Å²) in [5, 5.41) is 0. The van der Waals surface area contributed by atoms with E-state index in [1.165, 1.54) is 4.90 Å². The summed E-state index contributed by atoms with van der Waals surface area (Å²) in [5.41, 5.74) is 0.309. The van der Waals surface area contributed by atoms with Crippen LogP contribution in [0, 0.1) is 0 Å². The second-order valence-corrected chi connectivity index (χ2v) is 4.23. The molecule has 102 valence electrons. The van der Waals surface area contributed by atoms with Gasteiger partial charge in [0.15, 0.2) is 0 Å². The number of aldehydes is 1. The molecule has 0 heterocycles. The molecule has 0 bridgehead atoms. The van der Waals surface area contributed by atoms with Crippen molar-refractivity contribution in [3.63, 3.8) is 0 Å². The van der Waals surface area contributed by atoms with Crippen molar-refractivity contribution in [2.45, 2.75) is 39.7 Å². The Hall–Kier alpha value is -1.65. The van der Waals surface area contributed by atoms with E-state index in [4.69, 9.17) is 4.74 Å². The predicted octanol–water partition coefficient (Wildman–Crippen LogP) is 1.32. The lowest BCUT2D eigenvalue weighted by Gasteiger charge is -2.27. The van der Waals surface area contributed by atoms with Crippen LogP contribution in [0.2, 0.25) is 0 Å². The first-order chi connectivity index (χ1) is 8.43. The fourth-order valence-corrected chi connectivity index (χ4v) is 1.35. The van der Waals surface area contributed by atoms with Gasteiger partial charge in [0.25, 0.3) is 5.91 Å². The molecule has 0 rings (SSSR count). The van der Waals surface area contributed by atoms with E-state index in [9.17, 15) is 14.4 Å². The summed E-state index contributed by atoms with van der Waals surface area (Å²) in [5.74, 6) is -1.07. The molecule has 1 amide bonds. The number of unbranched alkanes of at least 4 members (excludes halogenated alkanes) is 1. The molecule has 5 heteroatoms. The highest BCUT2D eigenvalue weighted by molar-refractivity contribution is 6.23. The summed E-state index contributed by atoms with van der Waals surface area (Å²) < 4.78 is 4.97. The molecule has 0 fully saturated rings. The van der Waals surface area contributed by atoms with Crippen molar-refractivity contribution in [1.29, 1.82) is 0 Å². The van der Waals surface area contributed by atoms with Crippen molar-refractivity contribution < 1.29 is 19.1 Å². The molecule has 0 saturated heterocycles. The first-order valence-corrected chi connectivity index (χ1v) is 6.02. The van der Waals surface area contributed by atoms with Gasteiger partial charge in [-0.25, -0.2) is 4.79 Å². The van der Waals surface area contributed by atoms with Gasteiger partial charge in [0.05, 0.1) is 6.04 Å². The molecule has 0 aromatic carbocycles. The lowest BCUT2D eigenvalue weighted by molar-refractivity contribution is -0.146. The molecule has 0 aliphatic carbocycles. The van der Waals surface area contributed by atoms with Crippen LogP contribution in [0.3, 0.4) is 0 Å². The smallest absolute Gasteiger partial charge is 0.333 e. The highest BCUT2D eigenvalue weighted by atomic mass is 16.5. The largest absolute Gasteiger partial charge is 0.460 e. The third-order valence-corrected chi connectivity index (χ3v) is 2.47. The summed E-state index contributed by atoms with van der Waals surface area (Å²) in [6.45, 7) is 9.31. The molecule has 1 atom stereocenters. The molecule has 0 spiro atoms. The van der Waals surface area contributed by atoms with Crippen LogP contribution in [-0.4, -0.2) is 42.3 Å². The number of nitrogens with zero attached hydrogens (tertiary/aromatic N) is 1. The molecule has 0 radical (unpaired) electrons. The number of carbonyl (C=O) groups excluding carboxylic acids is 3. The number of esters is 1. The van der Waals surface area contributed by atoms with Crippen LogP contribution < -0.4 is 0 Å². The Balaban J connectivity index is 4.41. The standard InChI is InChI=1S/C13H21NO4/c1-5-6-7-14(12(16)8-15)11(4)9-18-13(17)10(2)3/h8,11H,2,5-7,9H2,1,3-4H3. The average Bonchev–Trinajstić information content (AvgIpc) is 2.35. The average molecular weight is 255 g/mol. The number of ether oxygens (including phenoxy) is 1. The first-order valence-electron chi connectivity index (χ1n) is 6.02. The SMILES string of the molecule is C=C(C)C(=O)OCC(C)N(CCCC)C(=O)C=O. The van der Waals surface area contributed by atoms with Crippen LogP contribution in [0.5, 0.6) is 0 Å². The maximum atomic E-state index is 11.4. The third-order valence-electron chi connectivity index (χ3n) is 2.47. The maximum absolute atomic E-state index is 11.4. The second kappa shape index (κ2) is 8.44. The van der Waals surface area contributed by atoms with Crippen LogP contribution in [0.4, 0.5) is 0 Å². The van der Waals surface area contributed by atoms with E-state index in [1.807, 2.05) is 6.92 Å². The van der Waals surface area contributed by atoms with E-state index in [2.05, 4.69) is 6.58 Å². The Morgan fingerprint density at radius 2 is 2.06 bits per heavy atom. The molecule has 0 aromatic heterocycles. The third kappa shape index (κ3) is 5.61. The molecular weight excluding hydrogens is 234 g/mol. The Morgan fingerprint density at radius 3 is 2.50 bits per heavy atom. The number of amides is 1. The van der Waals surface area contributed by atoms with E-state index in [1.54, 1.807) is 13.8 Å². The Kier molecular flexibility index (Phi) is 7.67. The number of hydrogen-bond donors (Lipinski definition) is 0. The van der Waals surface area contributed by atoms with Crippen molar-refractivity contribution in [2.75, 3.05) is 13.2 Å². The van der Waals surface area contributed by atoms with Crippen LogP contribution >= 0.6 is 0 Å². The molecule has 5 nitrogen and oxygen atoms in total. The fraction of sp³-hybridized carbons (Fsp3) is 0.615. The van der Waals surface area contributed by atoms with Gasteiger partial charge in [-0.1, -0.05) is 19.9 Å². The summed E-state index contributed by atoms with van der Waals surface area (Å²) in [7, 11) is 0. The zero-order valence-corrected chi connectivity index (χ0v) is 11.3. The molecular formula is C13H21NO4. The summed E-state index contributed by atoms with van der Waals surface area (Å²) in [4.78, 5) is 34.6. The lowest BCUT2D eigenvalue weighted by Crippen LogP contribution is -2.42. The normalized spacial score (nSPS) is 11.5. The fourth-order valence-electron chi connectivity index (χ4n) is 1.35. The lowest BCUT2D eigenvalue weighted by atomic mass is 10.2. The van der Waals surface area contributed by atoms with Crippen LogP contribution in [-0.2, 0) is 19.1 Å². The topological polar surface area (TPSA) is 63.7 Å². The van der Waals surface area contributed by atoms with Gasteiger partial charge in [-0.3, -0.25) is 9.59 Å². The molecule has 0 saturated carbocycles. The van der Waals surface area contributed by atoms with E-state index in [0.29, 0.717) is 12.1 Å². The van der Waals surface area contributed by atoms with Crippen molar-refractivity contribution in [2.24, 2.45) is 0 Å². The van der Waals surface area contributed by atoms with E-state index < -0.39 is 11.9 Å². The molecule has 0 aliphatic rings.